The van der Waals surface area contributed by atoms with Crippen LogP contribution in [-0.4, -0.2) is 50.0 Å². The minimum Gasteiger partial charge on any atom is -0.480 e. The van der Waals surface area contributed by atoms with E-state index in [0.717, 1.165) is 5.56 Å². The maximum atomic E-state index is 12.3. The smallest absolute Gasteiger partial charge is 0.480 e. The number of carboxylic acids is 1. The van der Waals surface area contributed by atoms with Gasteiger partial charge in [-0.05, 0) is 19.4 Å². The summed E-state index contributed by atoms with van der Waals surface area (Å²) in [4.78, 5) is 37.2. The number of carboxylic acid groups (broad SMARTS) is 1. The van der Waals surface area contributed by atoms with Crippen LogP contribution in [0.1, 0.15) is 19.4 Å². The van der Waals surface area contributed by atoms with Gasteiger partial charge < -0.3 is 15.3 Å². The van der Waals surface area contributed by atoms with E-state index in [9.17, 15) is 19.5 Å². The first-order chi connectivity index (χ1) is 10.8. The van der Waals surface area contributed by atoms with Crippen LogP contribution in [0.5, 0.6) is 0 Å². The molecule has 122 valence electrons. The molecule has 0 bridgehead atoms. The van der Waals surface area contributed by atoms with Crippen LogP contribution in [0.4, 0.5) is 0 Å². The molecule has 1 aromatic carbocycles. The zero-order chi connectivity index (χ0) is 16.8. The van der Waals surface area contributed by atoms with E-state index in [1.807, 2.05) is 44.2 Å². The van der Waals surface area contributed by atoms with Gasteiger partial charge in [-0.15, -0.1) is 11.8 Å². The van der Waals surface area contributed by atoms with Crippen molar-refractivity contribution in [1.82, 2.24) is 10.2 Å². The number of hydrogen-bond acceptors (Lipinski definition) is 4. The Labute approximate surface area is 166 Å². The second-order valence-corrected chi connectivity index (χ2v) is 8.08. The fraction of sp³-hybridized carbons (Fsp3) is 0.438. The molecule has 0 aromatic heterocycles. The summed E-state index contributed by atoms with van der Waals surface area (Å²) in [6, 6.07) is 7.78. The van der Waals surface area contributed by atoms with Crippen molar-refractivity contribution in [3.8, 4) is 0 Å². The van der Waals surface area contributed by atoms with Gasteiger partial charge in [0.15, 0.2) is 0 Å². The van der Waals surface area contributed by atoms with E-state index in [4.69, 9.17) is 0 Å². The third kappa shape index (κ3) is 3.35. The fourth-order valence-corrected chi connectivity index (χ4v) is 4.78. The molecule has 3 unspecified atom stereocenters. The summed E-state index contributed by atoms with van der Waals surface area (Å²) in [7, 11) is 0. The van der Waals surface area contributed by atoms with Gasteiger partial charge in [0, 0.05) is 4.75 Å². The van der Waals surface area contributed by atoms with Crippen LogP contribution < -0.4 is 34.9 Å². The Morgan fingerprint density at radius 3 is 2.50 bits per heavy atom. The van der Waals surface area contributed by atoms with Crippen LogP contribution in [0.3, 0.4) is 0 Å². The van der Waals surface area contributed by atoms with Crippen LogP contribution in [0.2, 0.25) is 0 Å². The normalized spacial score (nSPS) is 26.8. The topological polar surface area (TPSA) is 86.7 Å². The molecule has 0 aliphatic carbocycles. The molecule has 2 aliphatic heterocycles. The molecule has 0 radical (unpaired) electrons. The van der Waals surface area contributed by atoms with Crippen molar-refractivity contribution in [2.75, 3.05) is 0 Å². The van der Waals surface area contributed by atoms with Crippen molar-refractivity contribution in [3.63, 3.8) is 0 Å². The molecule has 2 aliphatic rings. The summed E-state index contributed by atoms with van der Waals surface area (Å²) >= 11 is 1.42. The van der Waals surface area contributed by atoms with Gasteiger partial charge in [0.25, 0.3) is 0 Å². The van der Waals surface area contributed by atoms with E-state index in [2.05, 4.69) is 5.32 Å². The summed E-state index contributed by atoms with van der Waals surface area (Å²) in [5.74, 6) is -1.55. The maximum absolute atomic E-state index is 12.3. The van der Waals surface area contributed by atoms with E-state index < -0.39 is 22.8 Å². The van der Waals surface area contributed by atoms with Crippen LogP contribution in [0, 0.1) is 0 Å². The van der Waals surface area contributed by atoms with E-state index in [-0.39, 0.29) is 53.2 Å². The number of thioether (sulfide) groups is 1. The molecule has 2 heterocycles. The van der Waals surface area contributed by atoms with Crippen molar-refractivity contribution in [1.29, 1.82) is 0 Å². The van der Waals surface area contributed by atoms with E-state index in [1.54, 1.807) is 0 Å². The average Bonchev–Trinajstić information content (AvgIpc) is 2.74. The molecule has 3 rings (SSSR count). The first-order valence-corrected chi connectivity index (χ1v) is 8.25. The van der Waals surface area contributed by atoms with Crippen LogP contribution in [0.15, 0.2) is 30.3 Å². The molecule has 2 N–H and O–H groups in total. The third-order valence-corrected chi connectivity index (χ3v) is 5.77. The van der Waals surface area contributed by atoms with Gasteiger partial charge >= 0.3 is 35.5 Å². The molecule has 3 atom stereocenters. The van der Waals surface area contributed by atoms with Gasteiger partial charge in [-0.1, -0.05) is 30.3 Å². The number of carbonyl (C=O) groups is 3. The predicted molar refractivity (Wildman–Crippen MR) is 85.8 cm³/mol. The molecule has 6 nitrogen and oxygen atoms in total. The molecule has 0 saturated carbocycles. The van der Waals surface area contributed by atoms with Crippen molar-refractivity contribution >= 4 is 29.5 Å². The van der Waals surface area contributed by atoms with Gasteiger partial charge in [0.1, 0.15) is 17.5 Å². The summed E-state index contributed by atoms with van der Waals surface area (Å²) in [6.45, 7) is 3.62. The van der Waals surface area contributed by atoms with Crippen LogP contribution in [0.25, 0.3) is 0 Å². The van der Waals surface area contributed by atoms with Gasteiger partial charge in [0.2, 0.25) is 11.8 Å². The Morgan fingerprint density at radius 1 is 1.29 bits per heavy atom. The molecule has 2 amide bonds. The summed E-state index contributed by atoms with van der Waals surface area (Å²) in [6.07, 6.45) is 0.202. The zero-order valence-corrected chi connectivity index (χ0v) is 16.7. The molecular formula is C16H18N2NaO4S+. The largest absolute Gasteiger partial charge is 1.00 e. The first kappa shape index (κ1) is 19.3. The monoisotopic (exact) mass is 357 g/mol. The zero-order valence-electron chi connectivity index (χ0n) is 13.9. The number of nitrogens with one attached hydrogen (secondary N) is 1. The van der Waals surface area contributed by atoms with E-state index in [0.29, 0.717) is 0 Å². The molecule has 2 fully saturated rings. The molecule has 1 aromatic rings. The van der Waals surface area contributed by atoms with Gasteiger partial charge in [-0.25, -0.2) is 4.79 Å². The molecule has 0 spiro atoms. The van der Waals surface area contributed by atoms with Crippen molar-refractivity contribution < 1.29 is 49.0 Å². The summed E-state index contributed by atoms with van der Waals surface area (Å²) < 4.78 is -0.578. The number of aliphatic carboxylic acids is 1. The number of β-lactam (4-membered cyclic amide) rings is 1. The maximum Gasteiger partial charge on any atom is 1.00 e. The minimum atomic E-state index is -1.01. The first-order valence-electron chi connectivity index (χ1n) is 7.37. The molecule has 8 heteroatoms. The molecule has 24 heavy (non-hydrogen) atoms. The second-order valence-electron chi connectivity index (χ2n) is 6.31. The summed E-state index contributed by atoms with van der Waals surface area (Å²) in [5.41, 5.74) is 0.872. The fourth-order valence-electron chi connectivity index (χ4n) is 3.15. The number of fused-ring (bicyclic) bond motifs is 1. The number of amides is 2. The Kier molecular flexibility index (Phi) is 5.69. The quantitative estimate of drug-likeness (QED) is 0.475. The molecule has 2 saturated heterocycles. The number of benzene rings is 1. The van der Waals surface area contributed by atoms with E-state index in [1.165, 1.54) is 16.7 Å². The molecular weight excluding hydrogens is 339 g/mol. The van der Waals surface area contributed by atoms with Crippen LogP contribution in [-0.2, 0) is 20.8 Å². The average molecular weight is 357 g/mol. The van der Waals surface area contributed by atoms with Crippen LogP contribution >= 0.6 is 11.8 Å². The van der Waals surface area contributed by atoms with Crippen molar-refractivity contribution in [2.24, 2.45) is 0 Å². The van der Waals surface area contributed by atoms with Gasteiger partial charge in [-0.3, -0.25) is 9.59 Å². The number of nitrogens with zero attached hydrogens (tertiary/aromatic N) is 1. The Morgan fingerprint density at radius 2 is 1.92 bits per heavy atom. The SMILES string of the molecule is CC1(C)SC2C(NC(=O)Cc3ccccc3)C(=O)N2C1C(=O)O.[Na+]. The number of rotatable bonds is 4. The van der Waals surface area contributed by atoms with Crippen molar-refractivity contribution in [3.05, 3.63) is 35.9 Å². The van der Waals surface area contributed by atoms with Gasteiger partial charge in [-0.2, -0.15) is 0 Å². The third-order valence-electron chi connectivity index (χ3n) is 4.20. The standard InChI is InChI=1S/C16H18N2O4S.Na/c1-16(2)12(15(21)22)18-13(20)11(14(18)23-16)17-10(19)8-9-6-4-3-5-7-9;/h3-7,11-12,14H,8H2,1-2H3,(H,17,19)(H,21,22);/q;+1. The number of carbonyl (C=O) groups excluding carboxylic acids is 2. The number of hydrogen-bond donors (Lipinski definition) is 2. The van der Waals surface area contributed by atoms with E-state index >= 15 is 0 Å². The Bertz CT molecular complexity index is 667. The van der Waals surface area contributed by atoms with Gasteiger partial charge in [0.05, 0.1) is 6.42 Å². The Balaban J connectivity index is 0.00000208. The Hall–Kier alpha value is -1.02. The van der Waals surface area contributed by atoms with Crippen molar-refractivity contribution in [2.45, 2.75) is 42.5 Å². The second kappa shape index (κ2) is 7.07. The predicted octanol–water partition coefficient (Wildman–Crippen LogP) is -2.14. The minimum absolute atomic E-state index is 0. The summed E-state index contributed by atoms with van der Waals surface area (Å²) in [5, 5.41) is 11.8.